The Kier molecular flexibility index (Phi) is 8.69. The Morgan fingerprint density at radius 3 is 2.58 bits per heavy atom. The van der Waals surface area contributed by atoms with Gasteiger partial charge in [-0.25, -0.2) is 4.39 Å². The van der Waals surface area contributed by atoms with E-state index in [1.165, 1.54) is 24.3 Å². The van der Waals surface area contributed by atoms with E-state index in [0.717, 1.165) is 5.56 Å². The van der Waals surface area contributed by atoms with Crippen LogP contribution in [-0.2, 0) is 4.79 Å². The fourth-order valence-electron chi connectivity index (χ4n) is 2.96. The van der Waals surface area contributed by atoms with E-state index < -0.39 is 5.91 Å². The molecular weight excluding hydrogens is 558 g/mol. The Hall–Kier alpha value is -3.09. The standard InChI is InChI=1S/C25H19ClFIN2O3/c1-2-32-23-13-16(11-17(14-29)20-5-3-4-6-21(20)26)12-22(28)25(23)33-15-24(31)30-19-9-7-18(27)8-10-19/h3-13H,2,15H2,1H3,(H,30,31). The molecule has 3 rings (SSSR count). The van der Waals surface area contributed by atoms with Gasteiger partial charge in [0.1, 0.15) is 5.82 Å². The van der Waals surface area contributed by atoms with Crippen molar-refractivity contribution < 1.29 is 18.7 Å². The van der Waals surface area contributed by atoms with Crippen molar-refractivity contribution in [2.45, 2.75) is 6.92 Å². The van der Waals surface area contributed by atoms with Crippen LogP contribution in [0.1, 0.15) is 18.1 Å². The van der Waals surface area contributed by atoms with E-state index in [0.29, 0.717) is 43.5 Å². The minimum atomic E-state index is -0.394. The summed E-state index contributed by atoms with van der Waals surface area (Å²) in [5.41, 5.74) is 2.23. The Morgan fingerprint density at radius 2 is 1.91 bits per heavy atom. The number of carbonyl (C=O) groups is 1. The second-order valence-electron chi connectivity index (χ2n) is 6.76. The maximum absolute atomic E-state index is 13.0. The summed E-state index contributed by atoms with van der Waals surface area (Å²) in [6.07, 6.45) is 1.72. The molecule has 0 unspecified atom stereocenters. The lowest BCUT2D eigenvalue weighted by Gasteiger charge is -2.15. The second-order valence-corrected chi connectivity index (χ2v) is 8.33. The van der Waals surface area contributed by atoms with Gasteiger partial charge in [0.25, 0.3) is 5.91 Å². The molecule has 1 N–H and O–H groups in total. The molecule has 0 saturated heterocycles. The van der Waals surface area contributed by atoms with Gasteiger partial charge < -0.3 is 14.8 Å². The molecule has 0 radical (unpaired) electrons. The number of rotatable bonds is 8. The van der Waals surface area contributed by atoms with Gasteiger partial charge in [0, 0.05) is 16.3 Å². The van der Waals surface area contributed by atoms with Crippen LogP contribution in [0.4, 0.5) is 10.1 Å². The molecule has 3 aromatic carbocycles. The summed E-state index contributed by atoms with van der Waals surface area (Å²) in [4.78, 5) is 12.3. The van der Waals surface area contributed by atoms with E-state index in [-0.39, 0.29) is 12.4 Å². The first-order valence-corrected chi connectivity index (χ1v) is 11.4. The van der Waals surface area contributed by atoms with Gasteiger partial charge in [-0.2, -0.15) is 5.26 Å². The lowest BCUT2D eigenvalue weighted by Crippen LogP contribution is -2.20. The van der Waals surface area contributed by atoms with E-state index >= 15 is 0 Å². The zero-order chi connectivity index (χ0) is 23.8. The Morgan fingerprint density at radius 1 is 1.18 bits per heavy atom. The first-order valence-electron chi connectivity index (χ1n) is 9.92. The van der Waals surface area contributed by atoms with Gasteiger partial charge in [-0.15, -0.1) is 0 Å². The van der Waals surface area contributed by atoms with Crippen LogP contribution in [-0.4, -0.2) is 19.1 Å². The van der Waals surface area contributed by atoms with E-state index in [4.69, 9.17) is 21.1 Å². The minimum Gasteiger partial charge on any atom is -0.490 e. The molecule has 0 aliphatic rings. The molecular formula is C25H19ClFIN2O3. The Balaban J connectivity index is 1.82. The number of hydrogen-bond donors (Lipinski definition) is 1. The van der Waals surface area contributed by atoms with Gasteiger partial charge in [-0.05, 0) is 83.6 Å². The number of nitriles is 1. The van der Waals surface area contributed by atoms with E-state index in [1.54, 1.807) is 30.3 Å². The van der Waals surface area contributed by atoms with Crippen LogP contribution >= 0.6 is 34.2 Å². The van der Waals surface area contributed by atoms with Crippen molar-refractivity contribution in [3.63, 3.8) is 0 Å². The summed E-state index contributed by atoms with van der Waals surface area (Å²) < 4.78 is 25.2. The van der Waals surface area contributed by atoms with Gasteiger partial charge in [0.15, 0.2) is 18.1 Å². The molecule has 0 atom stereocenters. The normalized spacial score (nSPS) is 10.9. The number of benzene rings is 3. The van der Waals surface area contributed by atoms with Crippen molar-refractivity contribution in [2.75, 3.05) is 18.5 Å². The number of allylic oxidation sites excluding steroid dienone is 1. The van der Waals surface area contributed by atoms with E-state index in [1.807, 2.05) is 19.1 Å². The van der Waals surface area contributed by atoms with Crippen LogP contribution in [0.15, 0.2) is 60.7 Å². The SMILES string of the molecule is CCOc1cc(C=C(C#N)c2ccccc2Cl)cc(I)c1OCC(=O)Nc1ccc(F)cc1. The van der Waals surface area contributed by atoms with Crippen molar-refractivity contribution in [2.24, 2.45) is 0 Å². The zero-order valence-electron chi connectivity index (χ0n) is 17.6. The highest BCUT2D eigenvalue weighted by atomic mass is 127. The fraction of sp³-hybridized carbons (Fsp3) is 0.120. The number of anilines is 1. The predicted octanol–water partition coefficient (Wildman–Crippen LogP) is 6.56. The highest BCUT2D eigenvalue weighted by Crippen LogP contribution is 2.36. The summed E-state index contributed by atoms with van der Waals surface area (Å²) in [6, 6.07) is 18.3. The average Bonchev–Trinajstić information content (AvgIpc) is 2.79. The van der Waals surface area contributed by atoms with Crippen LogP contribution in [0.25, 0.3) is 11.6 Å². The summed E-state index contributed by atoms with van der Waals surface area (Å²) in [5, 5.41) is 12.8. The third kappa shape index (κ3) is 6.70. The summed E-state index contributed by atoms with van der Waals surface area (Å²) in [6.45, 7) is 1.97. The van der Waals surface area contributed by atoms with Gasteiger partial charge in [0.2, 0.25) is 0 Å². The lowest BCUT2D eigenvalue weighted by molar-refractivity contribution is -0.118. The quantitative estimate of drug-likeness (QED) is 0.187. The molecule has 3 aromatic rings. The monoisotopic (exact) mass is 576 g/mol. The molecule has 5 nitrogen and oxygen atoms in total. The van der Waals surface area contributed by atoms with Crippen molar-refractivity contribution in [3.8, 4) is 17.6 Å². The van der Waals surface area contributed by atoms with Crippen molar-refractivity contribution in [1.82, 2.24) is 0 Å². The Labute approximate surface area is 209 Å². The molecule has 0 aliphatic heterocycles. The van der Waals surface area contributed by atoms with Crippen LogP contribution in [0.5, 0.6) is 11.5 Å². The maximum atomic E-state index is 13.0. The van der Waals surface area contributed by atoms with Crippen molar-refractivity contribution in [3.05, 3.63) is 86.2 Å². The zero-order valence-corrected chi connectivity index (χ0v) is 20.5. The van der Waals surface area contributed by atoms with Crippen molar-refractivity contribution in [1.29, 1.82) is 5.26 Å². The average molecular weight is 577 g/mol. The summed E-state index contributed by atoms with van der Waals surface area (Å²) >= 11 is 8.33. The highest BCUT2D eigenvalue weighted by Gasteiger charge is 2.15. The summed E-state index contributed by atoms with van der Waals surface area (Å²) in [7, 11) is 0. The van der Waals surface area contributed by atoms with Gasteiger partial charge >= 0.3 is 0 Å². The summed E-state index contributed by atoms with van der Waals surface area (Å²) in [5.74, 6) is 0.0829. The molecule has 0 fully saturated rings. The maximum Gasteiger partial charge on any atom is 0.262 e. The predicted molar refractivity (Wildman–Crippen MR) is 136 cm³/mol. The number of amides is 1. The topological polar surface area (TPSA) is 71.3 Å². The molecule has 8 heteroatoms. The van der Waals surface area contributed by atoms with Gasteiger partial charge in [-0.1, -0.05) is 29.8 Å². The number of carbonyl (C=O) groups excluding carboxylic acids is 1. The van der Waals surface area contributed by atoms with E-state index in [2.05, 4.69) is 34.0 Å². The van der Waals surface area contributed by atoms with E-state index in [9.17, 15) is 14.4 Å². The highest BCUT2D eigenvalue weighted by molar-refractivity contribution is 14.1. The number of ether oxygens (including phenoxy) is 2. The fourth-order valence-corrected chi connectivity index (χ4v) is 3.98. The number of hydrogen-bond acceptors (Lipinski definition) is 4. The lowest BCUT2D eigenvalue weighted by atomic mass is 10.0. The van der Waals surface area contributed by atoms with Crippen LogP contribution < -0.4 is 14.8 Å². The molecule has 0 aromatic heterocycles. The van der Waals surface area contributed by atoms with Crippen molar-refractivity contribution >= 4 is 57.4 Å². The third-order valence-electron chi connectivity index (χ3n) is 4.40. The molecule has 1 amide bonds. The smallest absolute Gasteiger partial charge is 0.262 e. The number of halogens is 3. The number of nitrogens with zero attached hydrogens (tertiary/aromatic N) is 1. The van der Waals surface area contributed by atoms with Gasteiger partial charge in [0.05, 0.1) is 21.8 Å². The molecule has 0 heterocycles. The molecule has 0 saturated carbocycles. The van der Waals surface area contributed by atoms with Crippen LogP contribution in [0, 0.1) is 20.7 Å². The molecule has 0 spiro atoms. The first kappa shape index (κ1) is 24.6. The molecule has 0 aliphatic carbocycles. The third-order valence-corrected chi connectivity index (χ3v) is 5.53. The largest absolute Gasteiger partial charge is 0.490 e. The minimum absolute atomic E-state index is 0.258. The van der Waals surface area contributed by atoms with Gasteiger partial charge in [-0.3, -0.25) is 4.79 Å². The first-order chi connectivity index (χ1) is 15.9. The van der Waals surface area contributed by atoms with Crippen LogP contribution in [0.3, 0.4) is 0 Å². The number of nitrogens with one attached hydrogen (secondary N) is 1. The Bertz CT molecular complexity index is 1220. The molecule has 168 valence electrons. The molecule has 0 bridgehead atoms. The molecule has 33 heavy (non-hydrogen) atoms. The van der Waals surface area contributed by atoms with Crippen LogP contribution in [0.2, 0.25) is 5.02 Å². The second kappa shape index (κ2) is 11.7.